The van der Waals surface area contributed by atoms with Gasteiger partial charge in [-0.2, -0.15) is 0 Å². The van der Waals surface area contributed by atoms with Crippen molar-refractivity contribution in [2.24, 2.45) is 5.73 Å². The number of aromatic nitrogens is 4. The molecule has 0 radical (unpaired) electrons. The Balaban J connectivity index is 1.93. The second-order valence-corrected chi connectivity index (χ2v) is 7.20. The number of para-hydroxylation sites is 1. The summed E-state index contributed by atoms with van der Waals surface area (Å²) in [7, 11) is 0. The van der Waals surface area contributed by atoms with Gasteiger partial charge in [0.15, 0.2) is 0 Å². The number of benzene rings is 2. The molecular formula is C21H18ClN7O2. The average Bonchev–Trinajstić information content (AvgIpc) is 2.74. The normalized spacial score (nSPS) is 11.9. The van der Waals surface area contributed by atoms with Gasteiger partial charge in [0.25, 0.3) is 11.5 Å². The van der Waals surface area contributed by atoms with Crippen molar-refractivity contribution < 1.29 is 4.79 Å². The summed E-state index contributed by atoms with van der Waals surface area (Å²) in [6.45, 7) is 1.78. The van der Waals surface area contributed by atoms with E-state index in [0.717, 1.165) is 0 Å². The van der Waals surface area contributed by atoms with Crippen LogP contribution < -0.4 is 22.3 Å². The number of amides is 1. The quantitative estimate of drug-likeness (QED) is 0.437. The Morgan fingerprint density at radius 3 is 2.58 bits per heavy atom. The van der Waals surface area contributed by atoms with Crippen molar-refractivity contribution in [1.29, 1.82) is 0 Å². The van der Waals surface area contributed by atoms with Crippen LogP contribution in [0.25, 0.3) is 16.6 Å². The minimum Gasteiger partial charge on any atom is -0.383 e. The second kappa shape index (κ2) is 8.04. The third kappa shape index (κ3) is 3.66. The van der Waals surface area contributed by atoms with Crippen molar-refractivity contribution in [1.82, 2.24) is 19.5 Å². The number of carbonyl (C=O) groups is 1. The molecule has 10 heteroatoms. The molecule has 0 fully saturated rings. The molecule has 0 spiro atoms. The number of nitrogen functional groups attached to an aromatic ring is 1. The van der Waals surface area contributed by atoms with Gasteiger partial charge in [0.05, 0.1) is 27.7 Å². The molecule has 0 aliphatic heterocycles. The van der Waals surface area contributed by atoms with Crippen molar-refractivity contribution in [3.05, 3.63) is 81.6 Å². The highest BCUT2D eigenvalue weighted by Crippen LogP contribution is 2.26. The topological polar surface area (TPSA) is 142 Å². The number of primary amides is 1. The zero-order valence-electron chi connectivity index (χ0n) is 16.4. The van der Waals surface area contributed by atoms with E-state index in [0.29, 0.717) is 27.4 Å². The first kappa shape index (κ1) is 20.3. The van der Waals surface area contributed by atoms with Gasteiger partial charge >= 0.3 is 0 Å². The molecule has 0 bridgehead atoms. The molecule has 9 nitrogen and oxygen atoms in total. The zero-order chi connectivity index (χ0) is 22.1. The summed E-state index contributed by atoms with van der Waals surface area (Å²) in [4.78, 5) is 37.9. The van der Waals surface area contributed by atoms with Crippen molar-refractivity contribution in [2.45, 2.75) is 13.0 Å². The maximum atomic E-state index is 13.4. The molecule has 4 rings (SSSR count). The molecule has 0 aliphatic rings. The minimum absolute atomic E-state index is 0.0354. The van der Waals surface area contributed by atoms with Crippen LogP contribution in [0, 0.1) is 0 Å². The zero-order valence-corrected chi connectivity index (χ0v) is 17.2. The van der Waals surface area contributed by atoms with Crippen molar-refractivity contribution in [2.75, 3.05) is 11.1 Å². The van der Waals surface area contributed by atoms with Gasteiger partial charge in [-0.15, -0.1) is 0 Å². The number of fused-ring (bicyclic) bond motifs is 1. The van der Waals surface area contributed by atoms with E-state index in [4.69, 9.17) is 28.1 Å². The van der Waals surface area contributed by atoms with Gasteiger partial charge in [0.1, 0.15) is 29.4 Å². The van der Waals surface area contributed by atoms with E-state index >= 15 is 0 Å². The molecule has 4 aromatic rings. The fourth-order valence-electron chi connectivity index (χ4n) is 3.35. The lowest BCUT2D eigenvalue weighted by molar-refractivity contribution is 0.100. The van der Waals surface area contributed by atoms with E-state index in [9.17, 15) is 9.59 Å². The van der Waals surface area contributed by atoms with Crippen LogP contribution in [0.4, 0.5) is 11.6 Å². The van der Waals surface area contributed by atoms with Gasteiger partial charge in [-0.1, -0.05) is 35.9 Å². The fourth-order valence-corrected chi connectivity index (χ4v) is 3.60. The predicted molar refractivity (Wildman–Crippen MR) is 119 cm³/mol. The molecule has 0 unspecified atom stereocenters. The molecular weight excluding hydrogens is 418 g/mol. The Morgan fingerprint density at radius 2 is 1.87 bits per heavy atom. The highest BCUT2D eigenvalue weighted by atomic mass is 35.5. The average molecular weight is 436 g/mol. The number of rotatable bonds is 5. The Hall–Kier alpha value is -3.98. The maximum Gasteiger partial charge on any atom is 0.267 e. The monoisotopic (exact) mass is 435 g/mol. The van der Waals surface area contributed by atoms with Gasteiger partial charge in [0.2, 0.25) is 0 Å². The van der Waals surface area contributed by atoms with Crippen LogP contribution in [0.1, 0.15) is 29.1 Å². The predicted octanol–water partition coefficient (Wildman–Crippen LogP) is 2.68. The molecule has 156 valence electrons. The van der Waals surface area contributed by atoms with Crippen LogP contribution in [0.5, 0.6) is 0 Å². The largest absolute Gasteiger partial charge is 0.383 e. The van der Waals surface area contributed by atoms with Gasteiger partial charge in [-0.3, -0.25) is 14.2 Å². The minimum atomic E-state index is -0.772. The lowest BCUT2D eigenvalue weighted by Gasteiger charge is -2.21. The molecule has 0 saturated heterocycles. The molecule has 2 heterocycles. The number of anilines is 2. The van der Waals surface area contributed by atoms with Crippen LogP contribution in [0.3, 0.4) is 0 Å². The molecule has 2 aromatic carbocycles. The van der Waals surface area contributed by atoms with Gasteiger partial charge < -0.3 is 16.8 Å². The molecule has 2 aromatic heterocycles. The van der Waals surface area contributed by atoms with Crippen molar-refractivity contribution in [3.8, 4) is 5.69 Å². The third-order valence-electron chi connectivity index (χ3n) is 4.75. The maximum absolute atomic E-state index is 13.4. The number of hydrogen-bond donors (Lipinski definition) is 3. The standard InChI is InChI=1S/C21H18ClN7O2/c1-11(27-19-16(18(24)30)17(23)25-10-26-19)20-28-14-9-5-8-13(22)15(14)21(31)29(20)12-6-3-2-4-7-12/h2-11H,1H3,(H2,24,30)(H3,23,25,26,27)/t11-/m0/s1. The van der Waals surface area contributed by atoms with Crippen LogP contribution in [-0.2, 0) is 0 Å². The first-order valence-corrected chi connectivity index (χ1v) is 9.69. The van der Waals surface area contributed by atoms with E-state index in [2.05, 4.69) is 15.3 Å². The van der Waals surface area contributed by atoms with Crippen LogP contribution in [0.2, 0.25) is 5.02 Å². The number of halogens is 1. The molecule has 1 atom stereocenters. The number of carbonyl (C=O) groups excluding carboxylic acids is 1. The molecule has 0 saturated carbocycles. The highest BCUT2D eigenvalue weighted by molar-refractivity contribution is 6.35. The summed E-state index contributed by atoms with van der Waals surface area (Å²) in [5.74, 6) is -0.284. The Morgan fingerprint density at radius 1 is 1.13 bits per heavy atom. The SMILES string of the molecule is C[C@H](Nc1ncnc(N)c1C(N)=O)c1nc2cccc(Cl)c2c(=O)n1-c1ccccc1. The Labute approximate surface area is 181 Å². The summed E-state index contributed by atoms with van der Waals surface area (Å²) >= 11 is 6.31. The van der Waals surface area contributed by atoms with E-state index in [1.165, 1.54) is 10.9 Å². The summed E-state index contributed by atoms with van der Waals surface area (Å²) in [5.41, 5.74) is 11.9. The van der Waals surface area contributed by atoms with Crippen LogP contribution in [-0.4, -0.2) is 25.4 Å². The fraction of sp³-hybridized carbons (Fsp3) is 0.0952. The van der Waals surface area contributed by atoms with E-state index in [1.807, 2.05) is 18.2 Å². The molecule has 0 aliphatic carbocycles. The number of nitrogens with two attached hydrogens (primary N) is 2. The summed E-state index contributed by atoms with van der Waals surface area (Å²) in [6, 6.07) is 13.6. The van der Waals surface area contributed by atoms with Gasteiger partial charge in [-0.25, -0.2) is 15.0 Å². The number of nitrogens with one attached hydrogen (secondary N) is 1. The second-order valence-electron chi connectivity index (χ2n) is 6.79. The van der Waals surface area contributed by atoms with Crippen LogP contribution >= 0.6 is 11.6 Å². The van der Waals surface area contributed by atoms with Crippen molar-refractivity contribution in [3.63, 3.8) is 0 Å². The summed E-state index contributed by atoms with van der Waals surface area (Å²) in [5, 5.41) is 3.70. The smallest absolute Gasteiger partial charge is 0.267 e. The third-order valence-corrected chi connectivity index (χ3v) is 5.07. The Bertz CT molecular complexity index is 1360. The Kier molecular flexibility index (Phi) is 5.26. The highest BCUT2D eigenvalue weighted by Gasteiger charge is 2.22. The molecule has 5 N–H and O–H groups in total. The van der Waals surface area contributed by atoms with E-state index < -0.39 is 11.9 Å². The first-order chi connectivity index (χ1) is 14.9. The number of hydrogen-bond acceptors (Lipinski definition) is 7. The molecule has 1 amide bonds. The molecule has 31 heavy (non-hydrogen) atoms. The summed E-state index contributed by atoms with van der Waals surface area (Å²) in [6.07, 6.45) is 1.22. The number of nitrogens with zero attached hydrogens (tertiary/aromatic N) is 4. The first-order valence-electron chi connectivity index (χ1n) is 9.32. The van der Waals surface area contributed by atoms with Gasteiger partial charge in [0, 0.05) is 0 Å². The van der Waals surface area contributed by atoms with Crippen LogP contribution in [0.15, 0.2) is 59.7 Å². The lowest BCUT2D eigenvalue weighted by atomic mass is 10.2. The summed E-state index contributed by atoms with van der Waals surface area (Å²) < 4.78 is 1.47. The van der Waals surface area contributed by atoms with E-state index in [1.54, 1.807) is 37.3 Å². The van der Waals surface area contributed by atoms with Gasteiger partial charge in [-0.05, 0) is 31.2 Å². The van der Waals surface area contributed by atoms with Crippen molar-refractivity contribution >= 4 is 40.0 Å². The lowest BCUT2D eigenvalue weighted by Crippen LogP contribution is -2.28. The van der Waals surface area contributed by atoms with E-state index in [-0.39, 0.29) is 22.8 Å².